The number of fused-ring (bicyclic) bond motifs is 6. The van der Waals surface area contributed by atoms with Crippen LogP contribution in [0.3, 0.4) is 0 Å². The molecular weight excluding hydrogens is 609 g/mol. The average molecular weight is 640 g/mol. The van der Waals surface area contributed by atoms with Crippen LogP contribution in [-0.2, 0) is 0 Å². The van der Waals surface area contributed by atoms with Gasteiger partial charge in [-0.05, 0) is 95.0 Å². The molecule has 0 nitrogen and oxygen atoms in total. The van der Waals surface area contributed by atoms with Crippen molar-refractivity contribution >= 4 is 63.8 Å². The molecule has 10 rings (SSSR count). The number of thiophene rings is 1. The maximum atomic E-state index is 8.09. The fourth-order valence-corrected chi connectivity index (χ4v) is 8.97. The summed E-state index contributed by atoms with van der Waals surface area (Å²) in [5.41, 5.74) is 9.90. The third-order valence-electron chi connectivity index (χ3n) is 10.00. The van der Waals surface area contributed by atoms with Gasteiger partial charge >= 0.3 is 0 Å². The first-order chi connectivity index (χ1) is 24.7. The first kappa shape index (κ1) is 27.0. The molecule has 0 fully saturated rings. The van der Waals surface area contributed by atoms with Crippen LogP contribution in [0.15, 0.2) is 182 Å². The second-order valence-electron chi connectivity index (χ2n) is 12.7. The van der Waals surface area contributed by atoms with E-state index in [0.29, 0.717) is 6.04 Å². The standard InChI is InChI=1S/C48H30S/c1-2-13-31(14-3-1)34-27-28-42-45(30-34)49-44-24-12-23-43(48(42)44)47-40-21-10-8-19-38(40)46(39-20-9-11-22-41(39)47)37-18-7-6-17-36(37)35-26-25-32-15-4-5-16-33(32)29-35/h1-30H/i4D. The van der Waals surface area contributed by atoms with E-state index in [9.17, 15) is 0 Å². The zero-order valence-corrected chi connectivity index (χ0v) is 27.5. The molecule has 1 heteroatoms. The van der Waals surface area contributed by atoms with Crippen molar-refractivity contribution in [2.45, 2.75) is 0 Å². The van der Waals surface area contributed by atoms with Gasteiger partial charge in [0.1, 0.15) is 0 Å². The first-order valence-corrected chi connectivity index (χ1v) is 17.6. The fourth-order valence-electron chi connectivity index (χ4n) is 7.80. The molecule has 0 aliphatic heterocycles. The monoisotopic (exact) mass is 639 g/mol. The van der Waals surface area contributed by atoms with Crippen molar-refractivity contribution in [1.29, 1.82) is 0 Å². The molecule has 0 saturated heterocycles. The summed E-state index contributed by atoms with van der Waals surface area (Å²) in [5.74, 6) is 0. The lowest BCUT2D eigenvalue weighted by Crippen LogP contribution is -1.93. The van der Waals surface area contributed by atoms with Crippen LogP contribution in [0.5, 0.6) is 0 Å². The molecule has 0 saturated carbocycles. The van der Waals surface area contributed by atoms with E-state index in [0.717, 1.165) is 10.8 Å². The molecule has 0 aliphatic carbocycles. The van der Waals surface area contributed by atoms with E-state index < -0.39 is 0 Å². The van der Waals surface area contributed by atoms with E-state index in [-0.39, 0.29) is 0 Å². The lowest BCUT2D eigenvalue weighted by Gasteiger charge is -2.20. The Balaban J connectivity index is 1.24. The molecular formula is C48H30S. The Morgan fingerprint density at radius 1 is 0.347 bits per heavy atom. The van der Waals surface area contributed by atoms with Crippen LogP contribution in [0.2, 0.25) is 0 Å². The van der Waals surface area contributed by atoms with Crippen molar-refractivity contribution in [2.24, 2.45) is 0 Å². The summed E-state index contributed by atoms with van der Waals surface area (Å²) in [6.45, 7) is 0. The lowest BCUT2D eigenvalue weighted by atomic mass is 9.83. The molecule has 49 heavy (non-hydrogen) atoms. The molecule has 1 aromatic heterocycles. The Kier molecular flexibility index (Phi) is 6.22. The van der Waals surface area contributed by atoms with Gasteiger partial charge in [-0.25, -0.2) is 0 Å². The highest BCUT2D eigenvalue weighted by Crippen LogP contribution is 2.49. The summed E-state index contributed by atoms with van der Waals surface area (Å²) < 4.78 is 10.7. The minimum atomic E-state index is 0.534. The van der Waals surface area contributed by atoms with E-state index >= 15 is 0 Å². The van der Waals surface area contributed by atoms with Gasteiger partial charge in [0.05, 0.1) is 1.37 Å². The topological polar surface area (TPSA) is 0 Å². The zero-order chi connectivity index (χ0) is 33.2. The average Bonchev–Trinajstić information content (AvgIpc) is 3.55. The van der Waals surface area contributed by atoms with Gasteiger partial charge in [0.2, 0.25) is 0 Å². The maximum absolute atomic E-state index is 8.09. The highest BCUT2D eigenvalue weighted by molar-refractivity contribution is 7.26. The van der Waals surface area contributed by atoms with Crippen molar-refractivity contribution < 1.29 is 1.37 Å². The van der Waals surface area contributed by atoms with Crippen molar-refractivity contribution in [3.8, 4) is 44.5 Å². The van der Waals surface area contributed by atoms with E-state index in [4.69, 9.17) is 1.37 Å². The van der Waals surface area contributed by atoms with Gasteiger partial charge in [0.25, 0.3) is 0 Å². The molecule has 10 aromatic rings. The third kappa shape index (κ3) is 4.51. The van der Waals surface area contributed by atoms with Gasteiger partial charge in [-0.3, -0.25) is 0 Å². The summed E-state index contributed by atoms with van der Waals surface area (Å²) in [6, 6.07) is 64.2. The Labute approximate surface area is 290 Å². The van der Waals surface area contributed by atoms with Crippen LogP contribution in [0.25, 0.3) is 97.0 Å². The summed E-state index contributed by atoms with van der Waals surface area (Å²) in [7, 11) is 0. The molecule has 1 heterocycles. The Bertz CT molecular complexity index is 2880. The van der Waals surface area contributed by atoms with Crippen LogP contribution in [-0.4, -0.2) is 0 Å². The molecule has 0 N–H and O–H groups in total. The summed E-state index contributed by atoms with van der Waals surface area (Å²) in [5, 5.41) is 9.86. The summed E-state index contributed by atoms with van der Waals surface area (Å²) in [6.07, 6.45) is 0. The second-order valence-corrected chi connectivity index (χ2v) is 13.8. The molecule has 0 radical (unpaired) electrons. The summed E-state index contributed by atoms with van der Waals surface area (Å²) in [4.78, 5) is 0. The number of rotatable bonds is 4. The maximum Gasteiger partial charge on any atom is 0.0623 e. The highest BCUT2D eigenvalue weighted by Gasteiger charge is 2.21. The van der Waals surface area contributed by atoms with Crippen LogP contribution in [0.1, 0.15) is 1.37 Å². The molecule has 9 aromatic carbocycles. The molecule has 0 unspecified atom stereocenters. The summed E-state index contributed by atoms with van der Waals surface area (Å²) >= 11 is 1.88. The number of hydrogen-bond donors (Lipinski definition) is 0. The predicted molar refractivity (Wildman–Crippen MR) is 214 cm³/mol. The number of hydrogen-bond acceptors (Lipinski definition) is 1. The largest absolute Gasteiger partial charge is 0.135 e. The van der Waals surface area contributed by atoms with Gasteiger partial charge in [-0.1, -0.05) is 164 Å². The molecule has 228 valence electrons. The van der Waals surface area contributed by atoms with E-state index in [2.05, 4.69) is 164 Å². The predicted octanol–water partition coefficient (Wildman–Crippen LogP) is 14.2. The minimum Gasteiger partial charge on any atom is -0.135 e. The minimum absolute atomic E-state index is 0.534. The molecule has 0 spiro atoms. The Hall–Kier alpha value is -6.02. The fraction of sp³-hybridized carbons (Fsp3) is 0. The van der Waals surface area contributed by atoms with Crippen LogP contribution < -0.4 is 0 Å². The van der Waals surface area contributed by atoms with Gasteiger partial charge in [0.15, 0.2) is 0 Å². The normalized spacial score (nSPS) is 12.0. The van der Waals surface area contributed by atoms with E-state index in [1.165, 1.54) is 86.2 Å². The molecule has 0 atom stereocenters. The van der Waals surface area contributed by atoms with E-state index in [1.807, 2.05) is 23.5 Å². The van der Waals surface area contributed by atoms with Crippen molar-refractivity contribution in [2.75, 3.05) is 0 Å². The zero-order valence-electron chi connectivity index (χ0n) is 27.7. The van der Waals surface area contributed by atoms with Crippen molar-refractivity contribution in [3.63, 3.8) is 0 Å². The van der Waals surface area contributed by atoms with Gasteiger partial charge in [0, 0.05) is 20.2 Å². The molecule has 0 bridgehead atoms. The first-order valence-electron chi connectivity index (χ1n) is 17.3. The molecule has 0 amide bonds. The van der Waals surface area contributed by atoms with Crippen molar-refractivity contribution in [3.05, 3.63) is 182 Å². The van der Waals surface area contributed by atoms with Crippen LogP contribution in [0.4, 0.5) is 0 Å². The van der Waals surface area contributed by atoms with Gasteiger partial charge in [-0.2, -0.15) is 0 Å². The second kappa shape index (κ2) is 11.3. The van der Waals surface area contributed by atoms with Crippen LogP contribution >= 0.6 is 11.3 Å². The van der Waals surface area contributed by atoms with Crippen LogP contribution in [0, 0.1) is 0 Å². The number of benzene rings is 9. The van der Waals surface area contributed by atoms with Gasteiger partial charge in [-0.15, -0.1) is 11.3 Å². The lowest BCUT2D eigenvalue weighted by molar-refractivity contribution is 1.62. The highest BCUT2D eigenvalue weighted by atomic mass is 32.1. The smallest absolute Gasteiger partial charge is 0.0623 e. The van der Waals surface area contributed by atoms with Gasteiger partial charge < -0.3 is 0 Å². The third-order valence-corrected chi connectivity index (χ3v) is 11.1. The van der Waals surface area contributed by atoms with E-state index in [1.54, 1.807) is 0 Å². The Morgan fingerprint density at radius 2 is 0.980 bits per heavy atom. The SMILES string of the molecule is [2H]c1ccc2cc(-c3ccccc3-c3c4ccccc4c(-c4cccc5sc6cc(-c7ccccc7)ccc6c45)c4ccccc34)ccc2c1. The Morgan fingerprint density at radius 3 is 1.73 bits per heavy atom. The quantitative estimate of drug-likeness (QED) is 0.168. The van der Waals surface area contributed by atoms with Crippen molar-refractivity contribution in [1.82, 2.24) is 0 Å². The molecule has 0 aliphatic rings.